The summed E-state index contributed by atoms with van der Waals surface area (Å²) in [6.07, 6.45) is 0.556. The highest BCUT2D eigenvalue weighted by Gasteiger charge is 1.99. The van der Waals surface area contributed by atoms with Crippen molar-refractivity contribution in [3.8, 4) is 0 Å². The molecule has 0 aromatic rings. The Bertz CT molecular complexity index is 133. The summed E-state index contributed by atoms with van der Waals surface area (Å²) in [6.45, 7) is 3.16. The Labute approximate surface area is 52.7 Å². The number of amides is 1. The summed E-state index contributed by atoms with van der Waals surface area (Å²) < 4.78 is 0. The van der Waals surface area contributed by atoms with E-state index in [1.807, 2.05) is 0 Å². The van der Waals surface area contributed by atoms with Gasteiger partial charge in [0.05, 0.1) is 0 Å². The molecule has 0 rings (SSSR count). The molecule has 9 heavy (non-hydrogen) atoms. The zero-order chi connectivity index (χ0) is 7.28. The van der Waals surface area contributed by atoms with E-state index in [4.69, 9.17) is 5.73 Å². The zero-order valence-electron chi connectivity index (χ0n) is 4.83. The predicted octanol–water partition coefficient (Wildman–Crippen LogP) is -1.23. The van der Waals surface area contributed by atoms with Crippen LogP contribution in [0.15, 0.2) is 12.7 Å². The lowest BCUT2D eigenvalue weighted by molar-refractivity contribution is -0.120. The summed E-state index contributed by atoms with van der Waals surface area (Å²) in [6, 6.07) is 0. The first-order valence-corrected chi connectivity index (χ1v) is 2.34. The molecular weight excluding hydrogens is 120 g/mol. The van der Waals surface area contributed by atoms with E-state index in [0.29, 0.717) is 6.29 Å². The smallest absolute Gasteiger partial charge is 0.244 e. The molecule has 0 aliphatic heterocycles. The number of rotatable bonds is 3. The first-order valence-electron chi connectivity index (χ1n) is 2.34. The number of aldehydes is 1. The van der Waals surface area contributed by atoms with Crippen LogP contribution in [0.2, 0.25) is 0 Å². The van der Waals surface area contributed by atoms with E-state index < -0.39 is 12.1 Å². The van der Waals surface area contributed by atoms with Gasteiger partial charge in [-0.2, -0.15) is 0 Å². The molecule has 3 N–H and O–H groups in total. The van der Waals surface area contributed by atoms with Crippen LogP contribution in [0.3, 0.4) is 0 Å². The molecule has 0 saturated heterocycles. The fraction of sp³-hybridized carbons (Fsp3) is 0.200. The van der Waals surface area contributed by atoms with Gasteiger partial charge < -0.3 is 11.1 Å². The van der Waals surface area contributed by atoms with Gasteiger partial charge in [0.25, 0.3) is 0 Å². The minimum Gasteiger partial charge on any atom is -0.331 e. The number of carbonyl (C=O) groups excluding carboxylic acids is 2. The van der Waals surface area contributed by atoms with Gasteiger partial charge in [-0.3, -0.25) is 9.59 Å². The first kappa shape index (κ1) is 7.84. The Kier molecular flexibility index (Phi) is 3.31. The minimum absolute atomic E-state index is 0.432. The second kappa shape index (κ2) is 3.80. The third-order valence-corrected chi connectivity index (χ3v) is 0.641. The molecule has 0 saturated carbocycles. The van der Waals surface area contributed by atoms with E-state index in [1.165, 1.54) is 0 Å². The molecule has 0 aliphatic rings. The van der Waals surface area contributed by atoms with Crippen LogP contribution in [0, 0.1) is 0 Å². The maximum absolute atomic E-state index is 10.3. The number of carbonyl (C=O) groups is 2. The van der Waals surface area contributed by atoms with E-state index in [-0.39, 0.29) is 0 Å². The van der Waals surface area contributed by atoms with Gasteiger partial charge in [-0.1, -0.05) is 6.58 Å². The molecule has 1 unspecified atom stereocenters. The van der Waals surface area contributed by atoms with Gasteiger partial charge in [-0.15, -0.1) is 0 Å². The molecule has 50 valence electrons. The van der Waals surface area contributed by atoms with Crippen LogP contribution in [0.5, 0.6) is 0 Å². The molecule has 0 aromatic carbocycles. The van der Waals surface area contributed by atoms with E-state index in [1.54, 1.807) is 0 Å². The molecule has 0 aromatic heterocycles. The lowest BCUT2D eigenvalue weighted by Crippen LogP contribution is -2.41. The quantitative estimate of drug-likeness (QED) is 0.284. The van der Waals surface area contributed by atoms with Crippen molar-refractivity contribution in [2.45, 2.75) is 6.17 Å². The van der Waals surface area contributed by atoms with Gasteiger partial charge in [-0.05, 0) is 6.08 Å². The van der Waals surface area contributed by atoms with Gasteiger partial charge in [0.15, 0.2) is 6.29 Å². The number of hydrogen-bond acceptors (Lipinski definition) is 3. The van der Waals surface area contributed by atoms with Crippen molar-refractivity contribution in [2.24, 2.45) is 5.73 Å². The number of hydrogen-bond donors (Lipinski definition) is 2. The molecule has 0 aliphatic carbocycles. The largest absolute Gasteiger partial charge is 0.331 e. The molecule has 0 radical (unpaired) electrons. The summed E-state index contributed by atoms with van der Waals surface area (Å²) in [5.41, 5.74) is 5.00. The maximum atomic E-state index is 10.3. The summed E-state index contributed by atoms with van der Waals surface area (Å²) in [5, 5.41) is 2.13. The fourth-order valence-electron chi connectivity index (χ4n) is 0.257. The average molecular weight is 128 g/mol. The van der Waals surface area contributed by atoms with E-state index in [0.717, 1.165) is 6.08 Å². The second-order valence-electron chi connectivity index (χ2n) is 1.37. The zero-order valence-corrected chi connectivity index (χ0v) is 4.83. The Morgan fingerprint density at radius 3 is 2.67 bits per heavy atom. The third kappa shape index (κ3) is 3.42. The lowest BCUT2D eigenvalue weighted by Gasteiger charge is -2.01. The van der Waals surface area contributed by atoms with Crippen LogP contribution < -0.4 is 11.1 Å². The van der Waals surface area contributed by atoms with Gasteiger partial charge in [-0.25, -0.2) is 0 Å². The van der Waals surface area contributed by atoms with Crippen molar-refractivity contribution in [1.82, 2.24) is 5.32 Å². The predicted molar refractivity (Wildman–Crippen MR) is 32.4 cm³/mol. The molecule has 1 amide bonds. The number of nitrogens with one attached hydrogen (secondary N) is 1. The minimum atomic E-state index is -0.921. The molecule has 4 heteroatoms. The van der Waals surface area contributed by atoms with Crippen LogP contribution in [-0.4, -0.2) is 18.4 Å². The summed E-state index contributed by atoms with van der Waals surface area (Å²) in [5.74, 6) is -0.449. The average Bonchev–Trinajstić information content (AvgIpc) is 1.87. The van der Waals surface area contributed by atoms with Crippen molar-refractivity contribution in [3.63, 3.8) is 0 Å². The normalized spacial score (nSPS) is 11.7. The highest BCUT2D eigenvalue weighted by molar-refractivity contribution is 5.88. The van der Waals surface area contributed by atoms with Gasteiger partial charge in [0.1, 0.15) is 6.17 Å². The summed E-state index contributed by atoms with van der Waals surface area (Å²) in [7, 11) is 0. The SMILES string of the molecule is C=CC(=O)NC(N)C=O. The fourth-order valence-corrected chi connectivity index (χ4v) is 0.257. The summed E-state index contributed by atoms with van der Waals surface area (Å²) >= 11 is 0. The van der Waals surface area contributed by atoms with Gasteiger partial charge in [0.2, 0.25) is 5.91 Å². The molecule has 0 bridgehead atoms. The van der Waals surface area contributed by atoms with Crippen molar-refractivity contribution in [1.29, 1.82) is 0 Å². The van der Waals surface area contributed by atoms with Crippen molar-refractivity contribution in [2.75, 3.05) is 0 Å². The third-order valence-electron chi connectivity index (χ3n) is 0.641. The topological polar surface area (TPSA) is 72.2 Å². The van der Waals surface area contributed by atoms with Gasteiger partial charge >= 0.3 is 0 Å². The van der Waals surface area contributed by atoms with Crippen LogP contribution in [-0.2, 0) is 9.59 Å². The van der Waals surface area contributed by atoms with Crippen molar-refractivity contribution in [3.05, 3.63) is 12.7 Å². The second-order valence-corrected chi connectivity index (χ2v) is 1.37. The van der Waals surface area contributed by atoms with E-state index >= 15 is 0 Å². The maximum Gasteiger partial charge on any atom is 0.244 e. The van der Waals surface area contributed by atoms with Crippen molar-refractivity contribution >= 4 is 12.2 Å². The molecular formula is C5H8N2O2. The van der Waals surface area contributed by atoms with E-state index in [9.17, 15) is 9.59 Å². The molecule has 0 fully saturated rings. The van der Waals surface area contributed by atoms with Crippen LogP contribution in [0.25, 0.3) is 0 Å². The molecule has 0 spiro atoms. The molecule has 1 atom stereocenters. The Balaban J connectivity index is 3.58. The lowest BCUT2D eigenvalue weighted by atomic mass is 10.5. The Hall–Kier alpha value is -1.16. The Morgan fingerprint density at radius 2 is 2.33 bits per heavy atom. The van der Waals surface area contributed by atoms with Crippen LogP contribution in [0.1, 0.15) is 0 Å². The standard InChI is InChI=1S/C5H8N2O2/c1-2-5(9)7-4(6)3-8/h2-4H,1,6H2,(H,7,9). The molecule has 0 heterocycles. The monoisotopic (exact) mass is 128 g/mol. The Morgan fingerprint density at radius 1 is 1.78 bits per heavy atom. The van der Waals surface area contributed by atoms with Gasteiger partial charge in [0, 0.05) is 0 Å². The number of nitrogens with two attached hydrogens (primary N) is 1. The van der Waals surface area contributed by atoms with E-state index in [2.05, 4.69) is 11.9 Å². The first-order chi connectivity index (χ1) is 4.20. The van der Waals surface area contributed by atoms with Crippen LogP contribution in [0.4, 0.5) is 0 Å². The summed E-state index contributed by atoms with van der Waals surface area (Å²) in [4.78, 5) is 20.1. The highest BCUT2D eigenvalue weighted by atomic mass is 16.2. The molecule has 4 nitrogen and oxygen atoms in total. The highest BCUT2D eigenvalue weighted by Crippen LogP contribution is 1.66. The van der Waals surface area contributed by atoms with Crippen LogP contribution >= 0.6 is 0 Å². The van der Waals surface area contributed by atoms with Crippen molar-refractivity contribution < 1.29 is 9.59 Å².